The van der Waals surface area contributed by atoms with E-state index in [-0.39, 0.29) is 5.91 Å². The lowest BCUT2D eigenvalue weighted by Crippen LogP contribution is -2.09. The van der Waals surface area contributed by atoms with Crippen LogP contribution in [0, 0.1) is 0 Å². The molecule has 0 bridgehead atoms. The number of anilines is 1. The van der Waals surface area contributed by atoms with Crippen molar-refractivity contribution in [3.8, 4) is 17.2 Å². The van der Waals surface area contributed by atoms with E-state index in [0.29, 0.717) is 11.5 Å². The van der Waals surface area contributed by atoms with E-state index < -0.39 is 0 Å². The molecular formula is C19H23NO4. The van der Waals surface area contributed by atoms with Crippen molar-refractivity contribution in [2.75, 3.05) is 26.6 Å². The minimum atomic E-state index is -0.101. The maximum Gasteiger partial charge on any atom is 0.221 e. The second-order valence-electron chi connectivity index (χ2n) is 5.36. The Morgan fingerprint density at radius 1 is 0.917 bits per heavy atom. The first kappa shape index (κ1) is 17.7. The highest BCUT2D eigenvalue weighted by atomic mass is 16.5. The molecule has 128 valence electrons. The molecule has 0 aliphatic heterocycles. The van der Waals surface area contributed by atoms with Crippen molar-refractivity contribution in [2.24, 2.45) is 0 Å². The van der Waals surface area contributed by atoms with Gasteiger partial charge in [0, 0.05) is 18.2 Å². The molecule has 0 saturated carbocycles. The van der Waals surface area contributed by atoms with Gasteiger partial charge in [0.05, 0.1) is 21.3 Å². The van der Waals surface area contributed by atoms with Gasteiger partial charge < -0.3 is 19.5 Å². The van der Waals surface area contributed by atoms with Crippen LogP contribution >= 0.6 is 0 Å². The third-order valence-electron chi connectivity index (χ3n) is 3.78. The predicted molar refractivity (Wildman–Crippen MR) is 94.3 cm³/mol. The summed E-state index contributed by atoms with van der Waals surface area (Å²) in [6.45, 7) is 1.50. The Bertz CT molecular complexity index is 713. The summed E-state index contributed by atoms with van der Waals surface area (Å²) in [6.07, 6.45) is 1.52. The molecule has 0 atom stereocenters. The molecule has 0 unspecified atom stereocenters. The number of hydrogen-bond acceptors (Lipinski definition) is 4. The van der Waals surface area contributed by atoms with Crippen molar-refractivity contribution in [1.29, 1.82) is 0 Å². The lowest BCUT2D eigenvalue weighted by Gasteiger charge is -2.15. The number of carbonyl (C=O) groups excluding carboxylic acids is 1. The van der Waals surface area contributed by atoms with Gasteiger partial charge in [-0.1, -0.05) is 12.1 Å². The van der Waals surface area contributed by atoms with Crippen LogP contribution in [0.15, 0.2) is 36.4 Å². The summed E-state index contributed by atoms with van der Waals surface area (Å²) in [5.41, 5.74) is 2.87. The zero-order chi connectivity index (χ0) is 17.5. The molecule has 2 aromatic rings. The minimum absolute atomic E-state index is 0.101. The quantitative estimate of drug-likeness (QED) is 0.845. The maximum atomic E-state index is 11.4. The van der Waals surface area contributed by atoms with Gasteiger partial charge in [-0.25, -0.2) is 0 Å². The Balaban J connectivity index is 2.23. The summed E-state index contributed by atoms with van der Waals surface area (Å²) >= 11 is 0. The molecule has 0 spiro atoms. The van der Waals surface area contributed by atoms with E-state index in [1.54, 1.807) is 21.3 Å². The summed E-state index contributed by atoms with van der Waals surface area (Å²) in [6, 6.07) is 11.5. The Morgan fingerprint density at radius 2 is 1.62 bits per heavy atom. The molecule has 0 fully saturated rings. The van der Waals surface area contributed by atoms with Gasteiger partial charge >= 0.3 is 0 Å². The number of rotatable bonds is 7. The van der Waals surface area contributed by atoms with Crippen molar-refractivity contribution in [1.82, 2.24) is 0 Å². The molecule has 0 radical (unpaired) electrons. The molecule has 2 aromatic carbocycles. The lowest BCUT2D eigenvalue weighted by atomic mass is 10.0. The molecule has 0 heterocycles. The van der Waals surface area contributed by atoms with Crippen LogP contribution in [0.5, 0.6) is 17.2 Å². The summed E-state index contributed by atoms with van der Waals surface area (Å²) in [4.78, 5) is 11.4. The normalized spacial score (nSPS) is 10.2. The fourth-order valence-corrected chi connectivity index (χ4v) is 2.63. The van der Waals surface area contributed by atoms with Crippen LogP contribution in [0.25, 0.3) is 0 Å². The fraction of sp³-hybridized carbons (Fsp3) is 0.316. The van der Waals surface area contributed by atoms with Crippen molar-refractivity contribution < 1.29 is 19.0 Å². The van der Waals surface area contributed by atoms with Crippen LogP contribution in [-0.2, 0) is 17.6 Å². The third-order valence-corrected chi connectivity index (χ3v) is 3.78. The zero-order valence-corrected chi connectivity index (χ0v) is 14.5. The first-order chi connectivity index (χ1) is 11.6. The van der Waals surface area contributed by atoms with Crippen LogP contribution in [0.3, 0.4) is 0 Å². The third kappa shape index (κ3) is 4.19. The van der Waals surface area contributed by atoms with Gasteiger partial charge in [0.25, 0.3) is 0 Å². The van der Waals surface area contributed by atoms with Gasteiger partial charge in [-0.2, -0.15) is 0 Å². The van der Waals surface area contributed by atoms with Crippen LogP contribution in [0.4, 0.5) is 5.69 Å². The number of nitrogens with one attached hydrogen (secondary N) is 1. The van der Waals surface area contributed by atoms with E-state index >= 15 is 0 Å². The Hall–Kier alpha value is -2.69. The van der Waals surface area contributed by atoms with Gasteiger partial charge in [0.2, 0.25) is 5.91 Å². The minimum Gasteiger partial charge on any atom is -0.496 e. The van der Waals surface area contributed by atoms with E-state index in [9.17, 15) is 4.79 Å². The molecule has 2 rings (SSSR count). The Kier molecular flexibility index (Phi) is 6.07. The number of amides is 1. The van der Waals surface area contributed by atoms with Crippen molar-refractivity contribution in [2.45, 2.75) is 19.8 Å². The van der Waals surface area contributed by atoms with Crippen LogP contribution in [0.1, 0.15) is 18.1 Å². The topological polar surface area (TPSA) is 56.8 Å². The van der Waals surface area contributed by atoms with E-state index in [1.807, 2.05) is 36.4 Å². The highest BCUT2D eigenvalue weighted by molar-refractivity contribution is 5.90. The second-order valence-corrected chi connectivity index (χ2v) is 5.36. The summed E-state index contributed by atoms with van der Waals surface area (Å²) < 4.78 is 16.0. The van der Waals surface area contributed by atoms with Crippen molar-refractivity contribution in [3.05, 3.63) is 47.5 Å². The number of aryl methyl sites for hydroxylation is 1. The SMILES string of the molecule is COc1ccc(CCc2c(NC(C)=O)cccc2OC)cc1OC. The molecule has 0 aliphatic carbocycles. The van der Waals surface area contributed by atoms with E-state index in [0.717, 1.165) is 35.4 Å². The molecule has 0 aliphatic rings. The fourth-order valence-electron chi connectivity index (χ4n) is 2.63. The van der Waals surface area contributed by atoms with Crippen molar-refractivity contribution in [3.63, 3.8) is 0 Å². The Morgan fingerprint density at radius 3 is 2.25 bits per heavy atom. The van der Waals surface area contributed by atoms with Gasteiger partial charge in [-0.3, -0.25) is 4.79 Å². The summed E-state index contributed by atoms with van der Waals surface area (Å²) in [7, 11) is 4.87. The molecule has 24 heavy (non-hydrogen) atoms. The lowest BCUT2D eigenvalue weighted by molar-refractivity contribution is -0.114. The first-order valence-electron chi connectivity index (χ1n) is 7.73. The van der Waals surface area contributed by atoms with Gasteiger partial charge in [-0.15, -0.1) is 0 Å². The number of benzene rings is 2. The number of methoxy groups -OCH3 is 3. The summed E-state index contributed by atoms with van der Waals surface area (Å²) in [5, 5.41) is 2.86. The monoisotopic (exact) mass is 329 g/mol. The highest BCUT2D eigenvalue weighted by Crippen LogP contribution is 2.31. The number of ether oxygens (including phenoxy) is 3. The Labute approximate surface area is 142 Å². The highest BCUT2D eigenvalue weighted by Gasteiger charge is 2.11. The van der Waals surface area contributed by atoms with E-state index in [4.69, 9.17) is 14.2 Å². The van der Waals surface area contributed by atoms with Crippen molar-refractivity contribution >= 4 is 11.6 Å². The molecule has 1 N–H and O–H groups in total. The van der Waals surface area contributed by atoms with E-state index in [1.165, 1.54) is 6.92 Å². The molecule has 1 amide bonds. The number of hydrogen-bond donors (Lipinski definition) is 1. The largest absolute Gasteiger partial charge is 0.496 e. The van der Waals surface area contributed by atoms with E-state index in [2.05, 4.69) is 5.32 Å². The zero-order valence-electron chi connectivity index (χ0n) is 14.5. The number of carbonyl (C=O) groups is 1. The molecule has 0 saturated heterocycles. The smallest absolute Gasteiger partial charge is 0.221 e. The van der Waals surface area contributed by atoms with Gasteiger partial charge in [0.15, 0.2) is 11.5 Å². The average Bonchev–Trinajstić information content (AvgIpc) is 2.59. The maximum absolute atomic E-state index is 11.4. The standard InChI is InChI=1S/C19H23NO4/c1-13(21)20-16-6-5-7-17(22-2)15(16)10-8-14-9-11-18(23-3)19(12-14)24-4/h5-7,9,11-12H,8,10H2,1-4H3,(H,20,21). The second kappa shape index (κ2) is 8.24. The van der Waals surface area contributed by atoms with Crippen LogP contribution < -0.4 is 19.5 Å². The first-order valence-corrected chi connectivity index (χ1v) is 7.73. The molecule has 5 nitrogen and oxygen atoms in total. The van der Waals surface area contributed by atoms with Crippen LogP contribution in [-0.4, -0.2) is 27.2 Å². The summed E-state index contributed by atoms with van der Waals surface area (Å²) in [5.74, 6) is 2.08. The van der Waals surface area contributed by atoms with Gasteiger partial charge in [-0.05, 0) is 42.7 Å². The van der Waals surface area contributed by atoms with Gasteiger partial charge in [0.1, 0.15) is 5.75 Å². The predicted octanol–water partition coefficient (Wildman–Crippen LogP) is 3.46. The molecule has 5 heteroatoms. The van der Waals surface area contributed by atoms with Crippen LogP contribution in [0.2, 0.25) is 0 Å². The molecule has 0 aromatic heterocycles. The average molecular weight is 329 g/mol. The molecular weight excluding hydrogens is 306 g/mol.